The highest BCUT2D eigenvalue weighted by Crippen LogP contribution is 2.26. The Hall–Kier alpha value is -0.750. The van der Waals surface area contributed by atoms with Gasteiger partial charge in [-0.05, 0) is 52.0 Å². The Kier molecular flexibility index (Phi) is 10.6. The van der Waals surface area contributed by atoms with Crippen LogP contribution in [-0.2, 0) is 4.79 Å². The zero-order valence-electron chi connectivity index (χ0n) is 14.1. The van der Waals surface area contributed by atoms with Crippen LogP contribution in [0.5, 0.6) is 0 Å². The van der Waals surface area contributed by atoms with Gasteiger partial charge in [-0.25, -0.2) is 0 Å². The van der Waals surface area contributed by atoms with Crippen molar-refractivity contribution in [3.63, 3.8) is 0 Å². The fraction of sp³-hybridized carbons (Fsp3) is 0.688. The predicted molar refractivity (Wildman–Crippen MR) is 97.6 cm³/mol. The van der Waals surface area contributed by atoms with Gasteiger partial charge in [0, 0.05) is 19.0 Å². The fourth-order valence-electron chi connectivity index (χ4n) is 2.87. The normalized spacial score (nSPS) is 17.0. The molecule has 5 nitrogen and oxygen atoms in total. The quantitative estimate of drug-likeness (QED) is 0.779. The molecule has 1 aromatic rings. The van der Waals surface area contributed by atoms with Crippen molar-refractivity contribution in [1.82, 2.24) is 15.5 Å². The van der Waals surface area contributed by atoms with E-state index in [1.807, 2.05) is 33.0 Å². The van der Waals surface area contributed by atoms with E-state index in [0.717, 1.165) is 24.6 Å². The largest absolute Gasteiger partial charge is 0.465 e. The van der Waals surface area contributed by atoms with Crippen LogP contribution >= 0.6 is 24.8 Å². The Bertz CT molecular complexity index is 462. The first-order valence-electron chi connectivity index (χ1n) is 7.84. The molecule has 7 heteroatoms. The Balaban J connectivity index is 0.00000242. The van der Waals surface area contributed by atoms with Crippen LogP contribution in [0.2, 0.25) is 0 Å². The third-order valence-corrected chi connectivity index (χ3v) is 4.10. The number of nitrogens with one attached hydrogen (secondary N) is 2. The van der Waals surface area contributed by atoms with E-state index in [1.165, 1.54) is 12.8 Å². The van der Waals surface area contributed by atoms with Crippen molar-refractivity contribution in [2.75, 3.05) is 33.2 Å². The van der Waals surface area contributed by atoms with Crippen molar-refractivity contribution in [3.8, 4) is 0 Å². The van der Waals surface area contributed by atoms with Crippen LogP contribution in [0.4, 0.5) is 0 Å². The Labute approximate surface area is 151 Å². The molecular weight excluding hydrogens is 337 g/mol. The smallest absolute Gasteiger partial charge is 0.224 e. The number of likely N-dealkylation sites (tertiary alicyclic amines) is 1. The van der Waals surface area contributed by atoms with Crippen molar-refractivity contribution in [1.29, 1.82) is 0 Å². The van der Waals surface area contributed by atoms with Crippen molar-refractivity contribution >= 4 is 30.7 Å². The first kappa shape index (κ1) is 22.2. The van der Waals surface area contributed by atoms with Crippen LogP contribution in [0.15, 0.2) is 16.5 Å². The lowest BCUT2D eigenvalue weighted by Gasteiger charge is -2.26. The molecule has 2 rings (SSSR count). The molecule has 1 aliphatic heterocycles. The predicted octanol–water partition coefficient (Wildman–Crippen LogP) is 2.54. The molecule has 1 aliphatic rings. The standard InChI is InChI=1S/C16H27N3O2.2ClH/c1-12(10-17-3)16(20)18-11-14(19-8-4-5-9-19)15-7-6-13(2)21-15;;/h6-7,12,14,17H,4-5,8-11H2,1-3H3,(H,18,20);2*1H. The molecular formula is C16H29Cl2N3O2. The molecule has 0 saturated carbocycles. The Morgan fingerprint density at radius 2 is 1.91 bits per heavy atom. The highest BCUT2D eigenvalue weighted by Gasteiger charge is 2.26. The second-order valence-corrected chi connectivity index (χ2v) is 5.91. The third-order valence-electron chi connectivity index (χ3n) is 4.10. The van der Waals surface area contributed by atoms with Gasteiger partial charge in [0.2, 0.25) is 5.91 Å². The lowest BCUT2D eigenvalue weighted by molar-refractivity contribution is -0.124. The second-order valence-electron chi connectivity index (χ2n) is 5.91. The van der Waals surface area contributed by atoms with E-state index in [1.54, 1.807) is 0 Å². The molecule has 0 spiro atoms. The van der Waals surface area contributed by atoms with Crippen LogP contribution in [0.3, 0.4) is 0 Å². The molecule has 1 amide bonds. The number of hydrogen-bond acceptors (Lipinski definition) is 4. The van der Waals surface area contributed by atoms with Crippen LogP contribution in [0, 0.1) is 12.8 Å². The highest BCUT2D eigenvalue weighted by atomic mass is 35.5. The molecule has 2 heterocycles. The minimum atomic E-state index is -0.0208. The van der Waals surface area contributed by atoms with Gasteiger partial charge in [0.25, 0.3) is 0 Å². The average molecular weight is 366 g/mol. The van der Waals surface area contributed by atoms with Gasteiger partial charge in [-0.2, -0.15) is 0 Å². The van der Waals surface area contributed by atoms with Crippen LogP contribution in [0.1, 0.15) is 37.3 Å². The molecule has 134 valence electrons. The number of aryl methyl sites for hydroxylation is 1. The first-order chi connectivity index (χ1) is 10.1. The van der Waals surface area contributed by atoms with E-state index < -0.39 is 0 Å². The maximum Gasteiger partial charge on any atom is 0.224 e. The molecule has 2 unspecified atom stereocenters. The lowest BCUT2D eigenvalue weighted by atomic mass is 10.1. The zero-order valence-corrected chi connectivity index (χ0v) is 15.8. The highest BCUT2D eigenvalue weighted by molar-refractivity contribution is 5.85. The van der Waals surface area contributed by atoms with Crippen molar-refractivity contribution in [2.45, 2.75) is 32.7 Å². The molecule has 23 heavy (non-hydrogen) atoms. The molecule has 2 N–H and O–H groups in total. The summed E-state index contributed by atoms with van der Waals surface area (Å²) in [5.41, 5.74) is 0. The summed E-state index contributed by atoms with van der Waals surface area (Å²) in [6, 6.07) is 4.16. The molecule has 2 atom stereocenters. The van der Waals surface area contributed by atoms with Crippen LogP contribution in [-0.4, -0.2) is 44.0 Å². The summed E-state index contributed by atoms with van der Waals surface area (Å²) < 4.78 is 5.79. The van der Waals surface area contributed by atoms with Gasteiger partial charge >= 0.3 is 0 Å². The van der Waals surface area contributed by atoms with Gasteiger partial charge < -0.3 is 15.1 Å². The van der Waals surface area contributed by atoms with Crippen molar-refractivity contribution in [3.05, 3.63) is 23.7 Å². The number of halogens is 2. The van der Waals surface area contributed by atoms with Gasteiger partial charge in [-0.3, -0.25) is 9.69 Å². The SMILES string of the molecule is CNCC(C)C(=O)NCC(c1ccc(C)o1)N1CCCC1.Cl.Cl. The van der Waals surface area contributed by atoms with Gasteiger partial charge in [0.1, 0.15) is 11.5 Å². The molecule has 0 radical (unpaired) electrons. The number of hydrogen-bond donors (Lipinski definition) is 2. The first-order valence-corrected chi connectivity index (χ1v) is 7.84. The second kappa shape index (κ2) is 10.9. The summed E-state index contributed by atoms with van der Waals surface area (Å²) in [6.45, 7) is 7.35. The van der Waals surface area contributed by atoms with E-state index in [9.17, 15) is 4.79 Å². The lowest BCUT2D eigenvalue weighted by Crippen LogP contribution is -2.40. The van der Waals surface area contributed by atoms with E-state index >= 15 is 0 Å². The van der Waals surface area contributed by atoms with E-state index in [4.69, 9.17) is 4.42 Å². The molecule has 1 fully saturated rings. The third kappa shape index (κ3) is 6.34. The number of furan rings is 1. The number of carbonyl (C=O) groups excluding carboxylic acids is 1. The summed E-state index contributed by atoms with van der Waals surface area (Å²) in [7, 11) is 1.86. The number of carbonyl (C=O) groups is 1. The minimum absolute atomic E-state index is 0. The summed E-state index contributed by atoms with van der Waals surface area (Å²) in [5, 5.41) is 6.11. The molecule has 0 bridgehead atoms. The minimum Gasteiger partial charge on any atom is -0.465 e. The molecule has 0 aromatic carbocycles. The van der Waals surface area contributed by atoms with Gasteiger partial charge in [-0.15, -0.1) is 24.8 Å². The Morgan fingerprint density at radius 3 is 2.43 bits per heavy atom. The maximum absolute atomic E-state index is 12.1. The van der Waals surface area contributed by atoms with Crippen LogP contribution < -0.4 is 10.6 Å². The maximum atomic E-state index is 12.1. The average Bonchev–Trinajstić information content (AvgIpc) is 3.11. The summed E-state index contributed by atoms with van der Waals surface area (Å²) >= 11 is 0. The van der Waals surface area contributed by atoms with Crippen molar-refractivity contribution in [2.24, 2.45) is 5.92 Å². The van der Waals surface area contributed by atoms with Crippen LogP contribution in [0.25, 0.3) is 0 Å². The molecule has 1 aromatic heterocycles. The number of amides is 1. The summed E-state index contributed by atoms with van der Waals surface area (Å²) in [4.78, 5) is 14.5. The van der Waals surface area contributed by atoms with Crippen molar-refractivity contribution < 1.29 is 9.21 Å². The van der Waals surface area contributed by atoms with Gasteiger partial charge in [0.05, 0.1) is 6.04 Å². The Morgan fingerprint density at radius 1 is 1.26 bits per heavy atom. The monoisotopic (exact) mass is 365 g/mol. The fourth-order valence-corrected chi connectivity index (χ4v) is 2.87. The van der Waals surface area contributed by atoms with E-state index in [-0.39, 0.29) is 42.7 Å². The molecule has 1 saturated heterocycles. The summed E-state index contributed by atoms with van der Waals surface area (Å²) in [5.74, 6) is 1.95. The zero-order chi connectivity index (χ0) is 15.2. The van der Waals surface area contributed by atoms with Gasteiger partial charge in [-0.1, -0.05) is 6.92 Å². The number of nitrogens with zero attached hydrogens (tertiary/aromatic N) is 1. The van der Waals surface area contributed by atoms with Gasteiger partial charge in [0.15, 0.2) is 0 Å². The van der Waals surface area contributed by atoms with E-state index in [2.05, 4.69) is 15.5 Å². The molecule has 0 aliphatic carbocycles. The number of rotatable bonds is 7. The van der Waals surface area contributed by atoms with E-state index in [0.29, 0.717) is 13.1 Å². The summed E-state index contributed by atoms with van der Waals surface area (Å²) in [6.07, 6.45) is 2.45. The topological polar surface area (TPSA) is 57.5 Å².